The molecular formula is C22H18FN3O3S. The van der Waals surface area contributed by atoms with Gasteiger partial charge in [0, 0.05) is 24.4 Å². The number of carbonyl (C=O) groups is 1. The summed E-state index contributed by atoms with van der Waals surface area (Å²) in [7, 11) is 1.61. The van der Waals surface area contributed by atoms with Gasteiger partial charge in [-0.2, -0.15) is 4.98 Å². The second-order valence-corrected chi connectivity index (χ2v) is 7.48. The number of carbonyl (C=O) groups excluding carboxylic acids is 1. The SMILES string of the molecule is COc1ccc(/C=C/C(=O)N2CCS/C2=C/c2nc(-c3ccccc3F)no2)cc1. The van der Waals surface area contributed by atoms with Crippen LogP contribution in [0.2, 0.25) is 0 Å². The summed E-state index contributed by atoms with van der Waals surface area (Å²) < 4.78 is 24.3. The van der Waals surface area contributed by atoms with Gasteiger partial charge in [0.05, 0.1) is 17.7 Å². The summed E-state index contributed by atoms with van der Waals surface area (Å²) in [5, 5.41) is 4.55. The molecule has 1 saturated heterocycles. The van der Waals surface area contributed by atoms with E-state index in [2.05, 4.69) is 10.1 Å². The number of thioether (sulfide) groups is 1. The van der Waals surface area contributed by atoms with E-state index in [0.29, 0.717) is 11.6 Å². The first-order valence-corrected chi connectivity index (χ1v) is 10.2. The van der Waals surface area contributed by atoms with Crippen LogP contribution < -0.4 is 4.74 Å². The van der Waals surface area contributed by atoms with Crippen LogP contribution in [-0.2, 0) is 4.79 Å². The number of halogens is 1. The highest BCUT2D eigenvalue weighted by Crippen LogP contribution is 2.30. The lowest BCUT2D eigenvalue weighted by atomic mass is 10.2. The number of rotatable bonds is 5. The summed E-state index contributed by atoms with van der Waals surface area (Å²) in [6, 6.07) is 13.7. The smallest absolute Gasteiger partial charge is 0.253 e. The molecule has 0 bridgehead atoms. The van der Waals surface area contributed by atoms with Crippen LogP contribution >= 0.6 is 11.8 Å². The van der Waals surface area contributed by atoms with Gasteiger partial charge in [-0.15, -0.1) is 11.8 Å². The Hall–Kier alpha value is -3.39. The molecule has 1 aliphatic heterocycles. The molecule has 0 radical (unpaired) electrons. The zero-order valence-electron chi connectivity index (χ0n) is 16.1. The number of benzene rings is 2. The number of aromatic nitrogens is 2. The highest BCUT2D eigenvalue weighted by Gasteiger charge is 2.23. The highest BCUT2D eigenvalue weighted by atomic mass is 32.2. The van der Waals surface area contributed by atoms with Crippen molar-refractivity contribution in [2.75, 3.05) is 19.4 Å². The molecule has 0 spiro atoms. The third-order valence-electron chi connectivity index (χ3n) is 4.43. The minimum Gasteiger partial charge on any atom is -0.497 e. The molecule has 1 fully saturated rings. The van der Waals surface area contributed by atoms with Crippen LogP contribution in [0, 0.1) is 5.82 Å². The summed E-state index contributed by atoms with van der Waals surface area (Å²) >= 11 is 1.52. The zero-order chi connectivity index (χ0) is 20.9. The number of ether oxygens (including phenoxy) is 1. The molecule has 2 heterocycles. The van der Waals surface area contributed by atoms with Crippen LogP contribution in [0.15, 0.2) is 64.2 Å². The lowest BCUT2D eigenvalue weighted by Gasteiger charge is -2.13. The summed E-state index contributed by atoms with van der Waals surface area (Å²) in [5.41, 5.74) is 1.16. The topological polar surface area (TPSA) is 68.5 Å². The largest absolute Gasteiger partial charge is 0.497 e. The monoisotopic (exact) mass is 423 g/mol. The second kappa shape index (κ2) is 8.96. The molecule has 1 aliphatic rings. The minimum absolute atomic E-state index is 0.143. The molecule has 0 unspecified atom stereocenters. The molecular weight excluding hydrogens is 405 g/mol. The maximum atomic E-state index is 13.9. The molecule has 8 heteroatoms. The molecule has 6 nitrogen and oxygen atoms in total. The van der Waals surface area contributed by atoms with E-state index >= 15 is 0 Å². The predicted molar refractivity (Wildman–Crippen MR) is 114 cm³/mol. The number of hydrogen-bond donors (Lipinski definition) is 0. The van der Waals surface area contributed by atoms with Gasteiger partial charge in [-0.05, 0) is 35.9 Å². The summed E-state index contributed by atoms with van der Waals surface area (Å²) in [4.78, 5) is 18.5. The third kappa shape index (κ3) is 4.44. The Morgan fingerprint density at radius 3 is 2.80 bits per heavy atom. The normalized spacial score (nSPS) is 15.3. The molecule has 1 amide bonds. The van der Waals surface area contributed by atoms with Gasteiger partial charge >= 0.3 is 0 Å². The fraction of sp³-hybridized carbons (Fsp3) is 0.136. The van der Waals surface area contributed by atoms with Crippen molar-refractivity contribution in [1.29, 1.82) is 0 Å². The third-order valence-corrected chi connectivity index (χ3v) is 5.46. The number of amides is 1. The lowest BCUT2D eigenvalue weighted by molar-refractivity contribution is -0.123. The number of nitrogens with zero attached hydrogens (tertiary/aromatic N) is 3. The summed E-state index contributed by atoms with van der Waals surface area (Å²) in [5.74, 6) is 1.34. The van der Waals surface area contributed by atoms with Gasteiger partial charge in [0.2, 0.25) is 5.82 Å². The van der Waals surface area contributed by atoms with Gasteiger partial charge in [0.1, 0.15) is 11.6 Å². The van der Waals surface area contributed by atoms with Crippen LogP contribution in [0.4, 0.5) is 4.39 Å². The molecule has 0 saturated carbocycles. The first-order valence-electron chi connectivity index (χ1n) is 9.21. The van der Waals surface area contributed by atoms with Crippen molar-refractivity contribution >= 4 is 29.8 Å². The van der Waals surface area contributed by atoms with Crippen molar-refractivity contribution in [2.45, 2.75) is 0 Å². The van der Waals surface area contributed by atoms with Gasteiger partial charge < -0.3 is 14.2 Å². The van der Waals surface area contributed by atoms with Crippen molar-refractivity contribution in [3.8, 4) is 17.1 Å². The Labute approximate surface area is 177 Å². The lowest BCUT2D eigenvalue weighted by Crippen LogP contribution is -2.24. The maximum Gasteiger partial charge on any atom is 0.253 e. The van der Waals surface area contributed by atoms with Gasteiger partial charge in [-0.3, -0.25) is 4.79 Å². The molecule has 30 heavy (non-hydrogen) atoms. The average molecular weight is 423 g/mol. The van der Waals surface area contributed by atoms with Gasteiger partial charge in [-0.1, -0.05) is 29.4 Å². The van der Waals surface area contributed by atoms with Crippen LogP contribution in [0.25, 0.3) is 23.5 Å². The van der Waals surface area contributed by atoms with E-state index in [1.54, 1.807) is 42.4 Å². The van der Waals surface area contributed by atoms with Crippen LogP contribution in [0.3, 0.4) is 0 Å². The molecule has 4 rings (SSSR count). The zero-order valence-corrected chi connectivity index (χ0v) is 16.9. The molecule has 0 N–H and O–H groups in total. The molecule has 1 aromatic heterocycles. The first-order chi connectivity index (χ1) is 14.6. The predicted octanol–water partition coefficient (Wildman–Crippen LogP) is 4.47. The Morgan fingerprint density at radius 2 is 2.03 bits per heavy atom. The van der Waals surface area contributed by atoms with Crippen molar-refractivity contribution < 1.29 is 18.4 Å². The Balaban J connectivity index is 1.49. The van der Waals surface area contributed by atoms with E-state index in [4.69, 9.17) is 9.26 Å². The van der Waals surface area contributed by atoms with Gasteiger partial charge in [0.15, 0.2) is 0 Å². The fourth-order valence-corrected chi connectivity index (χ4v) is 3.90. The number of hydrogen-bond acceptors (Lipinski definition) is 6. The molecule has 2 aromatic carbocycles. The average Bonchev–Trinajstić information content (AvgIpc) is 3.43. The Bertz CT molecular complexity index is 1110. The van der Waals surface area contributed by atoms with E-state index < -0.39 is 5.82 Å². The number of methoxy groups -OCH3 is 1. The summed E-state index contributed by atoms with van der Waals surface area (Å²) in [6.45, 7) is 0.580. The molecule has 3 aromatic rings. The van der Waals surface area contributed by atoms with E-state index in [9.17, 15) is 9.18 Å². The minimum atomic E-state index is -0.423. The van der Waals surface area contributed by atoms with Gasteiger partial charge in [0.25, 0.3) is 11.8 Å². The van der Waals surface area contributed by atoms with Crippen molar-refractivity contribution in [1.82, 2.24) is 15.0 Å². The van der Waals surface area contributed by atoms with Crippen LogP contribution in [0.5, 0.6) is 5.75 Å². The summed E-state index contributed by atoms with van der Waals surface area (Å²) in [6.07, 6.45) is 4.93. The van der Waals surface area contributed by atoms with E-state index in [1.807, 2.05) is 24.3 Å². The molecule has 0 aliphatic carbocycles. The van der Waals surface area contributed by atoms with Crippen molar-refractivity contribution in [3.63, 3.8) is 0 Å². The Morgan fingerprint density at radius 1 is 1.23 bits per heavy atom. The molecule has 152 valence electrons. The fourth-order valence-electron chi connectivity index (χ4n) is 2.89. The van der Waals surface area contributed by atoms with Crippen molar-refractivity contribution in [3.05, 3.63) is 76.9 Å². The maximum absolute atomic E-state index is 13.9. The van der Waals surface area contributed by atoms with Crippen LogP contribution in [-0.4, -0.2) is 40.4 Å². The van der Waals surface area contributed by atoms with E-state index in [1.165, 1.54) is 23.9 Å². The van der Waals surface area contributed by atoms with Crippen molar-refractivity contribution in [2.24, 2.45) is 0 Å². The van der Waals surface area contributed by atoms with Gasteiger partial charge in [-0.25, -0.2) is 4.39 Å². The van der Waals surface area contributed by atoms with Crippen LogP contribution in [0.1, 0.15) is 11.5 Å². The quantitative estimate of drug-likeness (QED) is 0.564. The molecule has 0 atom stereocenters. The van der Waals surface area contributed by atoms with E-state index in [0.717, 1.165) is 17.1 Å². The highest BCUT2D eigenvalue weighted by molar-refractivity contribution is 8.03. The van der Waals surface area contributed by atoms with E-state index in [-0.39, 0.29) is 23.2 Å². The standard InChI is InChI=1S/C22H18FN3O3S/c1-28-16-9-6-15(7-10-16)8-11-20(27)26-12-13-30-21(26)14-19-24-22(25-29-19)17-4-2-3-5-18(17)23/h2-11,14H,12-13H2,1H3/b11-8+,21-14+. The second-order valence-electron chi connectivity index (χ2n) is 6.36. The first kappa shape index (κ1) is 19.9. The Kier molecular flexibility index (Phi) is 5.94.